The molecule has 3 aliphatic rings. The first-order valence-corrected chi connectivity index (χ1v) is 8.09. The molecular formula is C16H28O2. The number of rotatable bonds is 1. The molecule has 2 saturated carbocycles. The van der Waals surface area contributed by atoms with Crippen molar-refractivity contribution >= 4 is 0 Å². The Morgan fingerprint density at radius 3 is 2.50 bits per heavy atom. The molecule has 0 aromatic rings. The van der Waals surface area contributed by atoms with Crippen LogP contribution in [0.15, 0.2) is 0 Å². The highest BCUT2D eigenvalue weighted by Gasteiger charge is 2.41. The molecule has 0 aromatic heterocycles. The zero-order valence-electron chi connectivity index (χ0n) is 11.6. The fraction of sp³-hybridized carbons (Fsp3) is 1.00. The SMILES string of the molecule is OC1CCCC(C2CCOC3(CCCCC3)C2)C1. The Labute approximate surface area is 111 Å². The topological polar surface area (TPSA) is 29.5 Å². The van der Waals surface area contributed by atoms with Gasteiger partial charge in [-0.05, 0) is 56.8 Å². The lowest BCUT2D eigenvalue weighted by Gasteiger charge is -2.46. The van der Waals surface area contributed by atoms with Crippen LogP contribution in [0, 0.1) is 11.8 Å². The third kappa shape index (κ3) is 2.75. The molecule has 2 heteroatoms. The summed E-state index contributed by atoms with van der Waals surface area (Å²) in [6.07, 6.45) is 13.9. The minimum atomic E-state index is -0.0195. The molecule has 3 rings (SSSR count). The predicted molar refractivity (Wildman–Crippen MR) is 72.5 cm³/mol. The van der Waals surface area contributed by atoms with Gasteiger partial charge in [-0.3, -0.25) is 0 Å². The molecular weight excluding hydrogens is 224 g/mol. The third-order valence-electron chi connectivity index (χ3n) is 5.65. The second-order valence-corrected chi connectivity index (χ2v) is 6.93. The lowest BCUT2D eigenvalue weighted by atomic mass is 9.69. The maximum atomic E-state index is 9.88. The zero-order chi connectivity index (χ0) is 12.4. The first kappa shape index (κ1) is 12.9. The Morgan fingerprint density at radius 1 is 0.889 bits per heavy atom. The molecule has 0 bridgehead atoms. The van der Waals surface area contributed by atoms with E-state index >= 15 is 0 Å². The van der Waals surface area contributed by atoms with Gasteiger partial charge >= 0.3 is 0 Å². The second kappa shape index (κ2) is 5.50. The van der Waals surface area contributed by atoms with Crippen molar-refractivity contribution in [2.24, 2.45) is 11.8 Å². The minimum absolute atomic E-state index is 0.0195. The summed E-state index contributed by atoms with van der Waals surface area (Å²) < 4.78 is 6.19. The van der Waals surface area contributed by atoms with E-state index in [1.54, 1.807) is 0 Å². The monoisotopic (exact) mass is 252 g/mol. The van der Waals surface area contributed by atoms with Gasteiger partial charge in [0.25, 0.3) is 0 Å². The Bertz CT molecular complexity index is 265. The highest BCUT2D eigenvalue weighted by atomic mass is 16.5. The van der Waals surface area contributed by atoms with E-state index in [1.165, 1.54) is 57.8 Å². The molecule has 2 aliphatic carbocycles. The Hall–Kier alpha value is -0.0800. The van der Waals surface area contributed by atoms with E-state index in [4.69, 9.17) is 4.74 Å². The van der Waals surface area contributed by atoms with Gasteiger partial charge in [0, 0.05) is 6.61 Å². The van der Waals surface area contributed by atoms with Gasteiger partial charge in [0.1, 0.15) is 0 Å². The van der Waals surface area contributed by atoms with Gasteiger partial charge in [-0.2, -0.15) is 0 Å². The Kier molecular flexibility index (Phi) is 3.95. The molecule has 1 N–H and O–H groups in total. The van der Waals surface area contributed by atoms with E-state index in [0.717, 1.165) is 31.3 Å². The van der Waals surface area contributed by atoms with Gasteiger partial charge < -0.3 is 9.84 Å². The number of hydrogen-bond acceptors (Lipinski definition) is 2. The van der Waals surface area contributed by atoms with Crippen LogP contribution in [0.1, 0.15) is 70.6 Å². The van der Waals surface area contributed by atoms with Gasteiger partial charge in [0.05, 0.1) is 11.7 Å². The Balaban J connectivity index is 1.62. The van der Waals surface area contributed by atoms with E-state index in [-0.39, 0.29) is 11.7 Å². The number of aliphatic hydroxyl groups excluding tert-OH is 1. The van der Waals surface area contributed by atoms with Crippen molar-refractivity contribution in [3.8, 4) is 0 Å². The van der Waals surface area contributed by atoms with Gasteiger partial charge in [-0.15, -0.1) is 0 Å². The van der Waals surface area contributed by atoms with Gasteiger partial charge in [-0.25, -0.2) is 0 Å². The summed E-state index contributed by atoms with van der Waals surface area (Å²) >= 11 is 0. The van der Waals surface area contributed by atoms with Gasteiger partial charge in [0.15, 0.2) is 0 Å². The first-order valence-electron chi connectivity index (χ1n) is 8.09. The molecule has 1 aliphatic heterocycles. The van der Waals surface area contributed by atoms with E-state index < -0.39 is 0 Å². The fourth-order valence-corrected chi connectivity index (χ4v) is 4.64. The molecule has 1 spiro atoms. The van der Waals surface area contributed by atoms with Crippen LogP contribution in [-0.2, 0) is 4.74 Å². The summed E-state index contributed by atoms with van der Waals surface area (Å²) in [7, 11) is 0. The quantitative estimate of drug-likeness (QED) is 0.771. The lowest BCUT2D eigenvalue weighted by Crippen LogP contribution is -2.44. The molecule has 3 atom stereocenters. The van der Waals surface area contributed by atoms with E-state index in [1.807, 2.05) is 0 Å². The summed E-state index contributed by atoms with van der Waals surface area (Å²) in [5.74, 6) is 1.60. The normalized spacial score (nSPS) is 40.8. The van der Waals surface area contributed by atoms with Crippen LogP contribution in [-0.4, -0.2) is 23.4 Å². The van der Waals surface area contributed by atoms with Crippen LogP contribution in [0.5, 0.6) is 0 Å². The highest BCUT2D eigenvalue weighted by Crippen LogP contribution is 2.45. The van der Waals surface area contributed by atoms with E-state index in [9.17, 15) is 5.11 Å². The third-order valence-corrected chi connectivity index (χ3v) is 5.65. The van der Waals surface area contributed by atoms with Crippen LogP contribution in [0.4, 0.5) is 0 Å². The predicted octanol–water partition coefficient (Wildman–Crippen LogP) is 3.67. The largest absolute Gasteiger partial charge is 0.393 e. The summed E-state index contributed by atoms with van der Waals surface area (Å²) in [6.45, 7) is 0.970. The molecule has 1 saturated heterocycles. The fourth-order valence-electron chi connectivity index (χ4n) is 4.64. The smallest absolute Gasteiger partial charge is 0.0685 e. The van der Waals surface area contributed by atoms with E-state index in [0.29, 0.717) is 0 Å². The van der Waals surface area contributed by atoms with Crippen molar-refractivity contribution in [2.45, 2.75) is 82.3 Å². The molecule has 0 aromatic carbocycles. The van der Waals surface area contributed by atoms with Crippen molar-refractivity contribution in [3.05, 3.63) is 0 Å². The zero-order valence-corrected chi connectivity index (χ0v) is 11.6. The van der Waals surface area contributed by atoms with E-state index in [2.05, 4.69) is 0 Å². The van der Waals surface area contributed by atoms with Crippen molar-refractivity contribution in [2.75, 3.05) is 6.61 Å². The van der Waals surface area contributed by atoms with Crippen molar-refractivity contribution < 1.29 is 9.84 Å². The molecule has 2 nitrogen and oxygen atoms in total. The molecule has 18 heavy (non-hydrogen) atoms. The van der Waals surface area contributed by atoms with Crippen LogP contribution in [0.2, 0.25) is 0 Å². The average molecular weight is 252 g/mol. The number of ether oxygens (including phenoxy) is 1. The summed E-state index contributed by atoms with van der Waals surface area (Å²) in [6, 6.07) is 0. The van der Waals surface area contributed by atoms with Crippen molar-refractivity contribution in [1.82, 2.24) is 0 Å². The molecule has 3 unspecified atom stereocenters. The molecule has 104 valence electrons. The molecule has 1 heterocycles. The number of aliphatic hydroxyl groups is 1. The number of hydrogen-bond donors (Lipinski definition) is 1. The van der Waals surface area contributed by atoms with Crippen molar-refractivity contribution in [3.63, 3.8) is 0 Å². The van der Waals surface area contributed by atoms with Crippen LogP contribution in [0.25, 0.3) is 0 Å². The molecule has 0 amide bonds. The summed E-state index contributed by atoms with van der Waals surface area (Å²) in [5, 5.41) is 9.88. The Morgan fingerprint density at radius 2 is 1.72 bits per heavy atom. The minimum Gasteiger partial charge on any atom is -0.393 e. The summed E-state index contributed by atoms with van der Waals surface area (Å²) in [4.78, 5) is 0. The van der Waals surface area contributed by atoms with Gasteiger partial charge in [0.2, 0.25) is 0 Å². The average Bonchev–Trinajstić information content (AvgIpc) is 2.40. The molecule has 0 radical (unpaired) electrons. The lowest BCUT2D eigenvalue weighted by molar-refractivity contribution is -0.129. The maximum Gasteiger partial charge on any atom is 0.0685 e. The van der Waals surface area contributed by atoms with Crippen LogP contribution < -0.4 is 0 Å². The second-order valence-electron chi connectivity index (χ2n) is 6.93. The summed E-state index contributed by atoms with van der Waals surface area (Å²) in [5.41, 5.74) is 0.240. The standard InChI is InChI=1S/C16H28O2/c17-15-6-4-5-13(11-15)14-7-10-18-16(12-14)8-2-1-3-9-16/h13-15,17H,1-12H2. The van der Waals surface area contributed by atoms with Gasteiger partial charge in [-0.1, -0.05) is 25.7 Å². The molecule has 3 fully saturated rings. The maximum absolute atomic E-state index is 9.88. The highest BCUT2D eigenvalue weighted by molar-refractivity contribution is 4.92. The first-order chi connectivity index (χ1) is 8.77. The van der Waals surface area contributed by atoms with Crippen LogP contribution in [0.3, 0.4) is 0 Å². The van der Waals surface area contributed by atoms with Crippen LogP contribution >= 0.6 is 0 Å². The van der Waals surface area contributed by atoms with Crippen molar-refractivity contribution in [1.29, 1.82) is 0 Å².